The predicted molar refractivity (Wildman–Crippen MR) is 96.5 cm³/mol. The van der Waals surface area contributed by atoms with Gasteiger partial charge in [-0.2, -0.15) is 5.10 Å². The number of hydrogen-bond donors (Lipinski definition) is 1. The van der Waals surface area contributed by atoms with Crippen LogP contribution in [0.4, 0.5) is 0 Å². The molecular formula is C20H25N3O3. The molecule has 6 heteroatoms. The van der Waals surface area contributed by atoms with Gasteiger partial charge in [0.2, 0.25) is 0 Å². The number of ether oxygens (including phenoxy) is 1. The molecule has 0 unspecified atom stereocenters. The number of rotatable bonds is 4. The fourth-order valence-corrected chi connectivity index (χ4v) is 4.57. The molecule has 1 N–H and O–H groups in total. The van der Waals surface area contributed by atoms with Gasteiger partial charge in [-0.05, 0) is 48.4 Å². The van der Waals surface area contributed by atoms with Crippen LogP contribution in [0.25, 0.3) is 0 Å². The van der Waals surface area contributed by atoms with Crippen LogP contribution in [0.5, 0.6) is 0 Å². The van der Waals surface area contributed by atoms with E-state index in [4.69, 9.17) is 4.74 Å². The van der Waals surface area contributed by atoms with Gasteiger partial charge in [0.15, 0.2) is 0 Å². The summed E-state index contributed by atoms with van der Waals surface area (Å²) in [6.45, 7) is 2.84. The summed E-state index contributed by atoms with van der Waals surface area (Å²) in [4.78, 5) is 14.2. The van der Waals surface area contributed by atoms with Crippen LogP contribution in [-0.2, 0) is 11.3 Å². The van der Waals surface area contributed by atoms with Crippen molar-refractivity contribution in [1.29, 1.82) is 0 Å². The van der Waals surface area contributed by atoms with Crippen LogP contribution in [0.2, 0.25) is 0 Å². The molecule has 0 radical (unpaired) electrons. The third-order valence-corrected chi connectivity index (χ3v) is 5.80. The van der Waals surface area contributed by atoms with Crippen LogP contribution in [0, 0.1) is 11.8 Å². The van der Waals surface area contributed by atoms with E-state index in [1.165, 1.54) is 7.11 Å². The van der Waals surface area contributed by atoms with Crippen molar-refractivity contribution in [3.8, 4) is 0 Å². The zero-order chi connectivity index (χ0) is 18.1. The van der Waals surface area contributed by atoms with Crippen molar-refractivity contribution in [3.05, 3.63) is 53.9 Å². The van der Waals surface area contributed by atoms with Gasteiger partial charge in [-0.3, -0.25) is 9.58 Å². The molecular weight excluding hydrogens is 330 g/mol. The molecule has 6 nitrogen and oxygen atoms in total. The molecule has 0 bridgehead atoms. The van der Waals surface area contributed by atoms with Crippen molar-refractivity contribution in [2.24, 2.45) is 11.8 Å². The first-order valence-electron chi connectivity index (χ1n) is 9.21. The fourth-order valence-electron chi connectivity index (χ4n) is 4.57. The van der Waals surface area contributed by atoms with Gasteiger partial charge >= 0.3 is 5.97 Å². The van der Waals surface area contributed by atoms with E-state index in [9.17, 15) is 9.90 Å². The van der Waals surface area contributed by atoms with E-state index in [0.717, 1.165) is 38.0 Å². The second kappa shape index (κ2) is 7.21. The van der Waals surface area contributed by atoms with Crippen molar-refractivity contribution in [2.45, 2.75) is 31.5 Å². The summed E-state index contributed by atoms with van der Waals surface area (Å²) in [7, 11) is 1.40. The fraction of sp³-hybridized carbons (Fsp3) is 0.500. The Morgan fingerprint density at radius 3 is 2.81 bits per heavy atom. The molecule has 1 saturated carbocycles. The van der Waals surface area contributed by atoms with Gasteiger partial charge in [-0.15, -0.1) is 0 Å². The number of aromatic nitrogens is 2. The van der Waals surface area contributed by atoms with Crippen molar-refractivity contribution in [2.75, 3.05) is 20.2 Å². The van der Waals surface area contributed by atoms with E-state index in [-0.39, 0.29) is 18.1 Å². The Hall–Kier alpha value is -2.18. The number of aliphatic hydroxyl groups is 1. The summed E-state index contributed by atoms with van der Waals surface area (Å²) in [5.41, 5.74) is 1.71. The molecule has 2 aliphatic rings. The lowest BCUT2D eigenvalue weighted by Gasteiger charge is -2.35. The predicted octanol–water partition coefficient (Wildman–Crippen LogP) is 2.11. The Morgan fingerprint density at radius 1 is 1.27 bits per heavy atom. The molecule has 2 fully saturated rings. The van der Waals surface area contributed by atoms with Gasteiger partial charge in [0.1, 0.15) is 0 Å². The zero-order valence-electron chi connectivity index (χ0n) is 15.0. The molecule has 1 aliphatic carbocycles. The Morgan fingerprint density at radius 2 is 2.08 bits per heavy atom. The Labute approximate surface area is 153 Å². The lowest BCUT2D eigenvalue weighted by atomic mass is 9.77. The molecule has 1 aromatic carbocycles. The standard InChI is InChI=1S/C20H25N3O3/c1-26-20(25)15-5-2-4-14(8-15)11-22-12-16-9-18(23-7-3-6-21-23)19(24)10-17(16)13-22/h2-8,16-19,24H,9-13H2,1H3/t16-,17+,18-,19-/m1/s1. The van der Waals surface area contributed by atoms with Crippen LogP contribution < -0.4 is 0 Å². The largest absolute Gasteiger partial charge is 0.465 e. The van der Waals surface area contributed by atoms with Crippen molar-refractivity contribution < 1.29 is 14.6 Å². The van der Waals surface area contributed by atoms with Gasteiger partial charge in [0.05, 0.1) is 24.8 Å². The number of carbonyl (C=O) groups is 1. The average molecular weight is 355 g/mol. The minimum atomic E-state index is -0.334. The molecule has 4 rings (SSSR count). The number of likely N-dealkylation sites (tertiary alicyclic amines) is 1. The number of methoxy groups -OCH3 is 1. The zero-order valence-corrected chi connectivity index (χ0v) is 15.0. The summed E-state index contributed by atoms with van der Waals surface area (Å²) in [6.07, 6.45) is 5.17. The van der Waals surface area contributed by atoms with E-state index in [1.54, 1.807) is 12.3 Å². The maximum atomic E-state index is 11.7. The topological polar surface area (TPSA) is 67.6 Å². The molecule has 138 valence electrons. The smallest absolute Gasteiger partial charge is 0.337 e. The quantitative estimate of drug-likeness (QED) is 0.851. The Bertz CT molecular complexity index is 761. The van der Waals surface area contributed by atoms with Gasteiger partial charge < -0.3 is 9.84 Å². The highest BCUT2D eigenvalue weighted by Crippen LogP contribution is 2.41. The monoisotopic (exact) mass is 355 g/mol. The summed E-state index contributed by atoms with van der Waals surface area (Å²) in [6, 6.07) is 9.64. The maximum absolute atomic E-state index is 11.7. The van der Waals surface area contributed by atoms with Crippen molar-refractivity contribution in [3.63, 3.8) is 0 Å². The van der Waals surface area contributed by atoms with Crippen LogP contribution >= 0.6 is 0 Å². The molecule has 0 spiro atoms. The van der Waals surface area contributed by atoms with Crippen LogP contribution in [0.15, 0.2) is 42.7 Å². The third kappa shape index (κ3) is 3.39. The number of nitrogens with zero attached hydrogens (tertiary/aromatic N) is 3. The average Bonchev–Trinajstić information content (AvgIpc) is 3.29. The second-order valence-corrected chi connectivity index (χ2v) is 7.50. The molecule has 2 aromatic rings. The molecule has 1 aliphatic heterocycles. The first-order chi connectivity index (χ1) is 12.6. The molecule has 26 heavy (non-hydrogen) atoms. The van der Waals surface area contributed by atoms with Crippen molar-refractivity contribution >= 4 is 5.97 Å². The highest BCUT2D eigenvalue weighted by atomic mass is 16.5. The highest BCUT2D eigenvalue weighted by molar-refractivity contribution is 5.89. The molecule has 2 heterocycles. The van der Waals surface area contributed by atoms with Gasteiger partial charge in [-0.1, -0.05) is 12.1 Å². The first-order valence-corrected chi connectivity index (χ1v) is 9.21. The summed E-state index contributed by atoms with van der Waals surface area (Å²) in [5.74, 6) is 0.809. The molecule has 1 saturated heterocycles. The number of carbonyl (C=O) groups excluding carboxylic acids is 1. The summed E-state index contributed by atoms with van der Waals surface area (Å²) >= 11 is 0. The molecule has 4 atom stereocenters. The molecule has 1 aromatic heterocycles. The van der Waals surface area contributed by atoms with Crippen molar-refractivity contribution in [1.82, 2.24) is 14.7 Å². The number of fused-ring (bicyclic) bond motifs is 1. The highest BCUT2D eigenvalue weighted by Gasteiger charge is 2.42. The van der Waals surface area contributed by atoms with E-state index in [0.29, 0.717) is 17.4 Å². The van der Waals surface area contributed by atoms with Gasteiger partial charge in [0, 0.05) is 32.0 Å². The maximum Gasteiger partial charge on any atom is 0.337 e. The molecule has 0 amide bonds. The normalized spacial score (nSPS) is 28.7. The summed E-state index contributed by atoms with van der Waals surface area (Å²) in [5, 5.41) is 14.9. The summed E-state index contributed by atoms with van der Waals surface area (Å²) < 4.78 is 6.71. The Kier molecular flexibility index (Phi) is 4.78. The van der Waals surface area contributed by atoms with Gasteiger partial charge in [0.25, 0.3) is 0 Å². The lowest BCUT2D eigenvalue weighted by molar-refractivity contribution is 0.0306. The van der Waals surface area contributed by atoms with Crippen LogP contribution in [0.3, 0.4) is 0 Å². The number of aliphatic hydroxyl groups excluding tert-OH is 1. The van der Waals surface area contributed by atoms with Crippen LogP contribution in [0.1, 0.15) is 34.8 Å². The van der Waals surface area contributed by atoms with E-state index in [2.05, 4.69) is 16.1 Å². The Balaban J connectivity index is 1.42. The minimum Gasteiger partial charge on any atom is -0.465 e. The van der Waals surface area contributed by atoms with Gasteiger partial charge in [-0.25, -0.2) is 4.79 Å². The second-order valence-electron chi connectivity index (χ2n) is 7.50. The first kappa shape index (κ1) is 17.2. The lowest BCUT2D eigenvalue weighted by Crippen LogP contribution is -2.36. The minimum absolute atomic E-state index is 0.0776. The number of benzene rings is 1. The van der Waals surface area contributed by atoms with E-state index >= 15 is 0 Å². The third-order valence-electron chi connectivity index (χ3n) is 5.80. The van der Waals surface area contributed by atoms with E-state index < -0.39 is 0 Å². The number of hydrogen-bond acceptors (Lipinski definition) is 5. The SMILES string of the molecule is COC(=O)c1cccc(CN2C[C@H]3C[C@@H](n4cccn4)[C@H](O)C[C@H]3C2)c1. The van der Waals surface area contributed by atoms with E-state index in [1.807, 2.05) is 29.1 Å². The van der Waals surface area contributed by atoms with Crippen LogP contribution in [-0.4, -0.2) is 52.1 Å². The number of esters is 1.